The number of fused-ring (bicyclic) bond motifs is 1. The number of nitrogens with zero attached hydrogens (tertiary/aromatic N) is 3. The molecule has 1 N–H and O–H groups in total. The molecule has 1 amide bonds. The summed E-state index contributed by atoms with van der Waals surface area (Å²) in [4.78, 5) is 19.5. The van der Waals surface area contributed by atoms with E-state index in [2.05, 4.69) is 20.9 Å². The Morgan fingerprint density at radius 3 is 2.71 bits per heavy atom. The van der Waals surface area contributed by atoms with Gasteiger partial charge in [-0.2, -0.15) is 0 Å². The van der Waals surface area contributed by atoms with Gasteiger partial charge in [0.25, 0.3) is 0 Å². The Bertz CT molecular complexity index is 1070. The van der Waals surface area contributed by atoms with E-state index in [0.29, 0.717) is 13.1 Å². The maximum atomic E-state index is 12.3. The molecule has 3 aromatic rings. The van der Waals surface area contributed by atoms with Crippen LogP contribution in [0.3, 0.4) is 0 Å². The van der Waals surface area contributed by atoms with Crippen LogP contribution in [0.4, 0.5) is 10.7 Å². The van der Waals surface area contributed by atoms with Gasteiger partial charge in [0.05, 0.1) is 17.6 Å². The quantitative estimate of drug-likeness (QED) is 0.603. The van der Waals surface area contributed by atoms with Crippen LogP contribution in [-0.4, -0.2) is 40.4 Å². The van der Waals surface area contributed by atoms with E-state index in [1.165, 1.54) is 0 Å². The Kier molecular flexibility index (Phi) is 6.10. The molecular weight excluding hydrogens is 412 g/mol. The number of alkyl carbamates (subject to hydrolysis) is 1. The van der Waals surface area contributed by atoms with Crippen molar-refractivity contribution in [1.29, 1.82) is 0 Å². The maximum absolute atomic E-state index is 12.3. The van der Waals surface area contributed by atoms with Crippen molar-refractivity contribution < 1.29 is 9.53 Å². The van der Waals surface area contributed by atoms with E-state index in [1.54, 1.807) is 0 Å². The monoisotopic (exact) mass is 440 g/mol. The molecule has 0 radical (unpaired) electrons. The molecular formula is C24H29ClN4O2. The highest BCUT2D eigenvalue weighted by Crippen LogP contribution is 2.28. The van der Waals surface area contributed by atoms with Crippen LogP contribution in [0.2, 0.25) is 5.02 Å². The lowest BCUT2D eigenvalue weighted by molar-refractivity contribution is 0.0500. The molecule has 0 saturated carbocycles. The van der Waals surface area contributed by atoms with Gasteiger partial charge < -0.3 is 19.5 Å². The van der Waals surface area contributed by atoms with Gasteiger partial charge in [-0.25, -0.2) is 9.78 Å². The van der Waals surface area contributed by atoms with E-state index in [9.17, 15) is 4.79 Å². The highest BCUT2D eigenvalue weighted by atomic mass is 35.5. The number of piperidine rings is 1. The van der Waals surface area contributed by atoms with Gasteiger partial charge in [0.1, 0.15) is 5.60 Å². The van der Waals surface area contributed by atoms with Crippen LogP contribution in [-0.2, 0) is 11.3 Å². The van der Waals surface area contributed by atoms with Gasteiger partial charge in [0.15, 0.2) is 0 Å². The second kappa shape index (κ2) is 8.79. The third kappa shape index (κ3) is 5.13. The molecule has 4 rings (SSSR count). The summed E-state index contributed by atoms with van der Waals surface area (Å²) in [6.07, 6.45) is 1.51. The van der Waals surface area contributed by atoms with E-state index < -0.39 is 5.60 Å². The number of carbonyl (C=O) groups is 1. The number of halogens is 1. The number of aromatic nitrogens is 2. The summed E-state index contributed by atoms with van der Waals surface area (Å²) >= 11 is 6.45. The highest BCUT2D eigenvalue weighted by Gasteiger charge is 2.27. The number of imidazole rings is 1. The summed E-state index contributed by atoms with van der Waals surface area (Å²) in [5.74, 6) is 0.900. The predicted octanol–water partition coefficient (Wildman–Crippen LogP) is 5.23. The van der Waals surface area contributed by atoms with Crippen molar-refractivity contribution in [2.45, 2.75) is 51.8 Å². The minimum atomic E-state index is -0.513. The number of carbonyl (C=O) groups excluding carboxylic acids is 1. The summed E-state index contributed by atoms with van der Waals surface area (Å²) in [6, 6.07) is 16.1. The third-order valence-corrected chi connectivity index (χ3v) is 5.71. The van der Waals surface area contributed by atoms with Crippen LogP contribution in [0, 0.1) is 0 Å². The molecule has 1 aromatic heterocycles. The fourth-order valence-electron chi connectivity index (χ4n) is 4.01. The van der Waals surface area contributed by atoms with Gasteiger partial charge in [-0.1, -0.05) is 41.9 Å². The lowest BCUT2D eigenvalue weighted by Crippen LogP contribution is -2.49. The molecule has 0 spiro atoms. The van der Waals surface area contributed by atoms with Crippen LogP contribution in [0.1, 0.15) is 39.2 Å². The van der Waals surface area contributed by atoms with Crippen LogP contribution in [0.25, 0.3) is 11.0 Å². The van der Waals surface area contributed by atoms with Crippen molar-refractivity contribution >= 4 is 34.7 Å². The van der Waals surface area contributed by atoms with Crippen molar-refractivity contribution in [3.8, 4) is 0 Å². The molecule has 6 nitrogen and oxygen atoms in total. The first-order valence-electron chi connectivity index (χ1n) is 10.7. The zero-order chi connectivity index (χ0) is 22.0. The Balaban J connectivity index is 1.60. The first kappa shape index (κ1) is 21.5. The molecule has 164 valence electrons. The molecule has 1 atom stereocenters. The van der Waals surface area contributed by atoms with Gasteiger partial charge in [0, 0.05) is 24.2 Å². The van der Waals surface area contributed by atoms with E-state index in [-0.39, 0.29) is 12.1 Å². The predicted molar refractivity (Wildman–Crippen MR) is 125 cm³/mol. The number of anilines is 1. The molecule has 1 unspecified atom stereocenters. The number of para-hydroxylation sites is 2. The number of rotatable bonds is 4. The molecule has 2 heterocycles. The second-order valence-electron chi connectivity index (χ2n) is 9.01. The number of nitrogens with one attached hydrogen (secondary N) is 1. The maximum Gasteiger partial charge on any atom is 0.407 e. The molecule has 1 aliphatic heterocycles. The smallest absolute Gasteiger partial charge is 0.407 e. The van der Waals surface area contributed by atoms with E-state index in [0.717, 1.165) is 47.0 Å². The van der Waals surface area contributed by atoms with Gasteiger partial charge in [-0.3, -0.25) is 0 Å². The SMILES string of the molecule is CC(C)(C)OC(=O)NC1CCCN(c2nc3ccccc3n2Cc2ccccc2Cl)C1. The van der Waals surface area contributed by atoms with Crippen LogP contribution >= 0.6 is 11.6 Å². The lowest BCUT2D eigenvalue weighted by Gasteiger charge is -2.34. The Morgan fingerprint density at radius 2 is 1.94 bits per heavy atom. The minimum Gasteiger partial charge on any atom is -0.444 e. The molecule has 0 aliphatic carbocycles. The van der Waals surface area contributed by atoms with E-state index >= 15 is 0 Å². The number of benzene rings is 2. The third-order valence-electron chi connectivity index (χ3n) is 5.35. The number of amides is 1. The van der Waals surface area contributed by atoms with E-state index in [4.69, 9.17) is 21.3 Å². The lowest BCUT2D eigenvalue weighted by atomic mass is 10.1. The fourth-order valence-corrected chi connectivity index (χ4v) is 4.20. The number of hydrogen-bond acceptors (Lipinski definition) is 4. The summed E-state index contributed by atoms with van der Waals surface area (Å²) in [5.41, 5.74) is 2.56. The zero-order valence-corrected chi connectivity index (χ0v) is 19.0. The van der Waals surface area contributed by atoms with Crippen molar-refractivity contribution in [1.82, 2.24) is 14.9 Å². The molecule has 2 aromatic carbocycles. The van der Waals surface area contributed by atoms with Gasteiger partial charge in [0.2, 0.25) is 5.95 Å². The Morgan fingerprint density at radius 1 is 1.19 bits per heavy atom. The molecule has 0 bridgehead atoms. The molecule has 31 heavy (non-hydrogen) atoms. The summed E-state index contributed by atoms with van der Waals surface area (Å²) in [7, 11) is 0. The van der Waals surface area contributed by atoms with Crippen LogP contribution in [0.5, 0.6) is 0 Å². The number of ether oxygens (including phenoxy) is 1. The largest absolute Gasteiger partial charge is 0.444 e. The van der Waals surface area contributed by atoms with Crippen molar-refractivity contribution in [3.63, 3.8) is 0 Å². The summed E-state index contributed by atoms with van der Waals surface area (Å²) in [6.45, 7) is 7.82. The summed E-state index contributed by atoms with van der Waals surface area (Å²) < 4.78 is 7.66. The average molecular weight is 441 g/mol. The van der Waals surface area contributed by atoms with Crippen molar-refractivity contribution in [2.24, 2.45) is 0 Å². The molecule has 1 saturated heterocycles. The first-order chi connectivity index (χ1) is 14.8. The molecule has 1 aliphatic rings. The Labute approximate surface area is 188 Å². The van der Waals surface area contributed by atoms with Crippen LogP contribution in [0.15, 0.2) is 48.5 Å². The summed E-state index contributed by atoms with van der Waals surface area (Å²) in [5, 5.41) is 3.77. The Hall–Kier alpha value is -2.73. The van der Waals surface area contributed by atoms with Crippen molar-refractivity contribution in [2.75, 3.05) is 18.0 Å². The molecule has 1 fully saturated rings. The number of hydrogen-bond donors (Lipinski definition) is 1. The van der Waals surface area contributed by atoms with Gasteiger partial charge >= 0.3 is 6.09 Å². The van der Waals surface area contributed by atoms with Crippen LogP contribution < -0.4 is 10.2 Å². The van der Waals surface area contributed by atoms with Gasteiger partial charge in [-0.05, 0) is 57.4 Å². The highest BCUT2D eigenvalue weighted by molar-refractivity contribution is 6.31. The fraction of sp³-hybridized carbons (Fsp3) is 0.417. The van der Waals surface area contributed by atoms with Crippen molar-refractivity contribution in [3.05, 3.63) is 59.1 Å². The minimum absolute atomic E-state index is 0.0113. The topological polar surface area (TPSA) is 59.4 Å². The standard InChI is InChI=1S/C24H29ClN4O2/c1-24(2,3)31-23(30)26-18-10-8-14-28(16-18)22-27-20-12-6-7-13-21(20)29(22)15-17-9-4-5-11-19(17)25/h4-7,9,11-13,18H,8,10,14-16H2,1-3H3,(H,26,30). The van der Waals surface area contributed by atoms with E-state index in [1.807, 2.05) is 63.2 Å². The first-order valence-corrected chi connectivity index (χ1v) is 11.1. The molecule has 7 heteroatoms. The zero-order valence-electron chi connectivity index (χ0n) is 18.3. The van der Waals surface area contributed by atoms with Gasteiger partial charge in [-0.15, -0.1) is 0 Å². The second-order valence-corrected chi connectivity index (χ2v) is 9.42. The normalized spacial score (nSPS) is 17.0. The average Bonchev–Trinajstić information content (AvgIpc) is 3.07.